The number of rotatable bonds is 4. The molecule has 1 aromatic heterocycles. The third-order valence-electron chi connectivity index (χ3n) is 2.86. The second-order valence-electron chi connectivity index (χ2n) is 4.23. The van der Waals surface area contributed by atoms with Gasteiger partial charge in [0.15, 0.2) is 0 Å². The Hall–Kier alpha value is -1.33. The van der Waals surface area contributed by atoms with Crippen LogP contribution in [0.5, 0.6) is 5.75 Å². The van der Waals surface area contributed by atoms with Crippen molar-refractivity contribution < 1.29 is 4.74 Å². The van der Waals surface area contributed by atoms with Crippen molar-refractivity contribution in [3.63, 3.8) is 0 Å². The van der Waals surface area contributed by atoms with Gasteiger partial charge in [0.1, 0.15) is 22.5 Å². The predicted molar refractivity (Wildman–Crippen MR) is 85.1 cm³/mol. The fourth-order valence-corrected chi connectivity index (χ4v) is 2.28. The molecule has 1 aromatic carbocycles. The van der Waals surface area contributed by atoms with Crippen molar-refractivity contribution in [1.82, 2.24) is 9.97 Å². The molecule has 0 fully saturated rings. The molecule has 6 heteroatoms. The largest absolute Gasteiger partial charge is 0.495 e. The molecule has 0 aliphatic carbocycles. The summed E-state index contributed by atoms with van der Waals surface area (Å²) in [6.07, 6.45) is 0.734. The van der Waals surface area contributed by atoms with Crippen LogP contribution in [-0.2, 0) is 6.42 Å². The van der Waals surface area contributed by atoms with Gasteiger partial charge >= 0.3 is 0 Å². The smallest absolute Gasteiger partial charge is 0.138 e. The first kappa shape index (κ1) is 15.1. The first-order valence-corrected chi connectivity index (χ1v) is 7.35. The first-order chi connectivity index (χ1) is 9.55. The molecule has 0 radical (unpaired) electrons. The van der Waals surface area contributed by atoms with E-state index in [4.69, 9.17) is 16.3 Å². The summed E-state index contributed by atoms with van der Waals surface area (Å²) in [5.41, 5.74) is 1.70. The topological polar surface area (TPSA) is 47.0 Å². The Balaban J connectivity index is 2.36. The quantitative estimate of drug-likeness (QED) is 0.818. The summed E-state index contributed by atoms with van der Waals surface area (Å²) < 4.78 is 6.18. The normalized spacial score (nSPS) is 10.4. The maximum absolute atomic E-state index is 6.12. The van der Waals surface area contributed by atoms with Gasteiger partial charge in [-0.3, -0.25) is 0 Å². The highest BCUT2D eigenvalue weighted by Gasteiger charge is 2.10. The molecular formula is C14H15BrClN3O. The van der Waals surface area contributed by atoms with Crippen LogP contribution in [0.25, 0.3) is 0 Å². The average molecular weight is 357 g/mol. The molecule has 0 saturated heterocycles. The van der Waals surface area contributed by atoms with E-state index in [9.17, 15) is 0 Å². The molecule has 0 amide bonds. The summed E-state index contributed by atoms with van der Waals surface area (Å²) in [6.45, 7) is 3.88. The third-order valence-corrected chi connectivity index (χ3v) is 3.89. The van der Waals surface area contributed by atoms with E-state index in [-0.39, 0.29) is 0 Å². The minimum atomic E-state index is 0.475. The summed E-state index contributed by atoms with van der Waals surface area (Å²) in [5.74, 6) is 2.18. The zero-order valence-corrected chi connectivity index (χ0v) is 13.8. The van der Waals surface area contributed by atoms with Gasteiger partial charge in [-0.05, 0) is 35.0 Å². The number of aromatic nitrogens is 2. The summed E-state index contributed by atoms with van der Waals surface area (Å²) in [5, 5.41) is 3.73. The number of nitrogens with zero attached hydrogens (tertiary/aromatic N) is 2. The van der Waals surface area contributed by atoms with Gasteiger partial charge < -0.3 is 10.1 Å². The fraction of sp³-hybridized carbons (Fsp3) is 0.286. The zero-order chi connectivity index (χ0) is 14.7. The van der Waals surface area contributed by atoms with Crippen molar-refractivity contribution in [1.29, 1.82) is 0 Å². The Kier molecular flexibility index (Phi) is 4.83. The molecule has 1 N–H and O–H groups in total. The van der Waals surface area contributed by atoms with Crippen molar-refractivity contribution in [3.8, 4) is 5.75 Å². The highest BCUT2D eigenvalue weighted by Crippen LogP contribution is 2.30. The van der Waals surface area contributed by atoms with Gasteiger partial charge in [0, 0.05) is 23.7 Å². The summed E-state index contributed by atoms with van der Waals surface area (Å²) in [6, 6.07) is 5.75. The van der Waals surface area contributed by atoms with Crippen LogP contribution < -0.4 is 10.1 Å². The van der Waals surface area contributed by atoms with Crippen molar-refractivity contribution in [2.24, 2.45) is 0 Å². The third kappa shape index (κ3) is 3.22. The summed E-state index contributed by atoms with van der Waals surface area (Å²) >= 11 is 9.55. The number of anilines is 2. The van der Waals surface area contributed by atoms with Crippen LogP contribution >= 0.6 is 27.5 Å². The van der Waals surface area contributed by atoms with Crippen LogP contribution in [0.2, 0.25) is 5.15 Å². The lowest BCUT2D eigenvalue weighted by molar-refractivity contribution is 0.412. The molecule has 0 saturated carbocycles. The molecule has 0 aliphatic rings. The van der Waals surface area contributed by atoms with E-state index in [1.165, 1.54) is 0 Å². The fourth-order valence-electron chi connectivity index (χ4n) is 1.69. The number of aryl methyl sites for hydroxylation is 1. The maximum atomic E-state index is 6.12. The monoisotopic (exact) mass is 355 g/mol. The Morgan fingerprint density at radius 1 is 1.35 bits per heavy atom. The standard InChI is InChI=1S/C14H15BrClN3O/c1-4-12-18-13(16)8(2)14(19-12)17-9-5-6-10(15)11(7-9)20-3/h5-7H,4H2,1-3H3,(H,17,18,19). The molecule has 2 rings (SSSR count). The lowest BCUT2D eigenvalue weighted by atomic mass is 10.2. The minimum absolute atomic E-state index is 0.475. The SMILES string of the molecule is CCc1nc(Cl)c(C)c(Nc2ccc(Br)c(OC)c2)n1. The van der Waals surface area contributed by atoms with Gasteiger partial charge in [0.2, 0.25) is 0 Å². The molecule has 106 valence electrons. The van der Waals surface area contributed by atoms with Crippen LogP contribution in [0.3, 0.4) is 0 Å². The van der Waals surface area contributed by atoms with E-state index in [0.717, 1.165) is 27.9 Å². The lowest BCUT2D eigenvalue weighted by Gasteiger charge is -2.12. The van der Waals surface area contributed by atoms with E-state index in [1.54, 1.807) is 7.11 Å². The summed E-state index contributed by atoms with van der Waals surface area (Å²) in [7, 11) is 1.63. The van der Waals surface area contributed by atoms with Crippen LogP contribution in [0.1, 0.15) is 18.3 Å². The van der Waals surface area contributed by atoms with Crippen LogP contribution in [0, 0.1) is 6.92 Å². The Morgan fingerprint density at radius 2 is 2.10 bits per heavy atom. The Morgan fingerprint density at radius 3 is 2.75 bits per heavy atom. The zero-order valence-electron chi connectivity index (χ0n) is 11.5. The second kappa shape index (κ2) is 6.41. The molecule has 0 unspecified atom stereocenters. The molecular weight excluding hydrogens is 342 g/mol. The molecule has 0 atom stereocenters. The van der Waals surface area contributed by atoms with E-state index in [2.05, 4.69) is 31.2 Å². The van der Waals surface area contributed by atoms with Crippen molar-refractivity contribution >= 4 is 39.0 Å². The predicted octanol–water partition coefficient (Wildman–Crippen LogP) is 4.52. The van der Waals surface area contributed by atoms with Gasteiger partial charge in [0.25, 0.3) is 0 Å². The van der Waals surface area contributed by atoms with Gasteiger partial charge in [-0.2, -0.15) is 0 Å². The molecule has 2 aromatic rings. The van der Waals surface area contributed by atoms with Crippen molar-refractivity contribution in [3.05, 3.63) is 39.2 Å². The van der Waals surface area contributed by atoms with Crippen LogP contribution in [0.15, 0.2) is 22.7 Å². The number of methoxy groups -OCH3 is 1. The summed E-state index contributed by atoms with van der Waals surface area (Å²) in [4.78, 5) is 8.69. The molecule has 0 spiro atoms. The van der Waals surface area contributed by atoms with Crippen molar-refractivity contribution in [2.45, 2.75) is 20.3 Å². The molecule has 20 heavy (non-hydrogen) atoms. The maximum Gasteiger partial charge on any atom is 0.138 e. The van der Waals surface area contributed by atoms with Crippen LogP contribution in [0.4, 0.5) is 11.5 Å². The van der Waals surface area contributed by atoms with E-state index in [0.29, 0.717) is 16.8 Å². The Bertz CT molecular complexity index is 634. The number of halogens is 2. The first-order valence-electron chi connectivity index (χ1n) is 6.18. The van der Waals surface area contributed by atoms with Gasteiger partial charge in [0.05, 0.1) is 11.6 Å². The van der Waals surface area contributed by atoms with E-state index >= 15 is 0 Å². The van der Waals surface area contributed by atoms with E-state index in [1.807, 2.05) is 32.0 Å². The molecule has 0 aliphatic heterocycles. The number of hydrogen-bond donors (Lipinski definition) is 1. The Labute approximate surface area is 131 Å². The lowest BCUT2D eigenvalue weighted by Crippen LogP contribution is -2.03. The number of ether oxygens (including phenoxy) is 1. The molecule has 1 heterocycles. The minimum Gasteiger partial charge on any atom is -0.495 e. The van der Waals surface area contributed by atoms with Gasteiger partial charge in [-0.1, -0.05) is 18.5 Å². The van der Waals surface area contributed by atoms with Gasteiger partial charge in [-0.15, -0.1) is 0 Å². The molecule has 0 bridgehead atoms. The number of benzene rings is 1. The van der Waals surface area contributed by atoms with Crippen molar-refractivity contribution in [2.75, 3.05) is 12.4 Å². The second-order valence-corrected chi connectivity index (χ2v) is 5.44. The highest BCUT2D eigenvalue weighted by molar-refractivity contribution is 9.10. The van der Waals surface area contributed by atoms with Gasteiger partial charge in [-0.25, -0.2) is 9.97 Å². The molecule has 4 nitrogen and oxygen atoms in total. The highest BCUT2D eigenvalue weighted by atomic mass is 79.9. The van der Waals surface area contributed by atoms with E-state index < -0.39 is 0 Å². The van der Waals surface area contributed by atoms with Crippen LogP contribution in [-0.4, -0.2) is 17.1 Å². The average Bonchev–Trinajstić information content (AvgIpc) is 2.45. The number of nitrogens with one attached hydrogen (secondary N) is 1. The number of hydrogen-bond acceptors (Lipinski definition) is 4.